The number of nitrogens with zero attached hydrogens (tertiary/aromatic N) is 2. The molecule has 5 rings (SSSR count). The second kappa shape index (κ2) is 4.75. The van der Waals surface area contributed by atoms with Crippen molar-refractivity contribution in [2.45, 2.75) is 13.8 Å². The summed E-state index contributed by atoms with van der Waals surface area (Å²) in [6.45, 7) is 4.24. The second-order valence-electron chi connectivity index (χ2n) is 6.56. The van der Waals surface area contributed by atoms with E-state index < -0.39 is 0 Å². The molecule has 2 heteroatoms. The van der Waals surface area contributed by atoms with E-state index in [1.807, 2.05) is 6.20 Å². The Morgan fingerprint density at radius 2 is 1.42 bits per heavy atom. The third-order valence-electron chi connectivity index (χ3n) is 4.73. The van der Waals surface area contributed by atoms with Crippen molar-refractivity contribution in [2.24, 2.45) is 0 Å². The fourth-order valence-electron chi connectivity index (χ4n) is 3.53. The fraction of sp³-hybridized carbons (Fsp3) is 0.0909. The van der Waals surface area contributed by atoms with E-state index in [-0.39, 0.29) is 0 Å². The van der Waals surface area contributed by atoms with E-state index in [4.69, 9.17) is 4.98 Å². The number of fused-ring (bicyclic) bond motifs is 6. The molecule has 0 aliphatic carbocycles. The Kier molecular flexibility index (Phi) is 2.66. The minimum atomic E-state index is 1.02. The molecule has 2 aromatic heterocycles. The monoisotopic (exact) mass is 308 g/mol. The molecule has 0 saturated carbocycles. The van der Waals surface area contributed by atoms with Gasteiger partial charge in [0.25, 0.3) is 0 Å². The largest absolute Gasteiger partial charge is 0.256 e. The molecule has 0 unspecified atom stereocenters. The summed E-state index contributed by atoms with van der Waals surface area (Å²) in [7, 11) is 0. The molecule has 0 N–H and O–H groups in total. The molecule has 0 fully saturated rings. The van der Waals surface area contributed by atoms with Crippen molar-refractivity contribution in [3.63, 3.8) is 0 Å². The molecule has 0 amide bonds. The lowest BCUT2D eigenvalue weighted by Crippen LogP contribution is -1.89. The molecule has 5 aromatic rings. The summed E-state index contributed by atoms with van der Waals surface area (Å²) in [5.74, 6) is 0. The molecule has 3 aromatic carbocycles. The number of hydrogen-bond donors (Lipinski definition) is 0. The molecule has 114 valence electrons. The zero-order chi connectivity index (χ0) is 16.3. The first-order chi connectivity index (χ1) is 11.7. The summed E-state index contributed by atoms with van der Waals surface area (Å²) in [5.41, 5.74) is 5.62. The minimum Gasteiger partial charge on any atom is -0.256 e. The highest BCUT2D eigenvalue weighted by molar-refractivity contribution is 6.19. The summed E-state index contributed by atoms with van der Waals surface area (Å²) >= 11 is 0. The van der Waals surface area contributed by atoms with Crippen LogP contribution in [0.2, 0.25) is 0 Å². The van der Waals surface area contributed by atoms with E-state index in [1.165, 1.54) is 32.7 Å². The third-order valence-corrected chi connectivity index (χ3v) is 4.73. The molecule has 0 spiro atoms. The van der Waals surface area contributed by atoms with Crippen LogP contribution in [0, 0.1) is 13.8 Å². The van der Waals surface area contributed by atoms with Crippen LogP contribution in [0.5, 0.6) is 0 Å². The number of aromatic nitrogens is 2. The number of rotatable bonds is 0. The summed E-state index contributed by atoms with van der Waals surface area (Å²) in [6, 6.07) is 19.4. The minimum absolute atomic E-state index is 1.02. The normalized spacial score (nSPS) is 11.8. The summed E-state index contributed by atoms with van der Waals surface area (Å²) < 4.78 is 0. The Labute approximate surface area is 139 Å². The van der Waals surface area contributed by atoms with Crippen LogP contribution < -0.4 is 0 Å². The summed E-state index contributed by atoms with van der Waals surface area (Å²) in [4.78, 5) is 9.60. The van der Waals surface area contributed by atoms with Gasteiger partial charge in [-0.1, -0.05) is 35.4 Å². The van der Waals surface area contributed by atoms with E-state index in [1.54, 1.807) is 0 Å². The van der Waals surface area contributed by atoms with Crippen molar-refractivity contribution >= 4 is 43.5 Å². The van der Waals surface area contributed by atoms with E-state index >= 15 is 0 Å². The predicted molar refractivity (Wildman–Crippen MR) is 102 cm³/mol. The highest BCUT2D eigenvalue weighted by Gasteiger charge is 2.09. The Bertz CT molecular complexity index is 1270. The molecule has 24 heavy (non-hydrogen) atoms. The van der Waals surface area contributed by atoms with Gasteiger partial charge in [0.2, 0.25) is 0 Å². The standard InChI is InChI=1S/C22H16N2/c1-13-3-7-19-17(9-13)11-15-5-6-16-12-23-20-8-4-14(2)10-18(20)21(16)22(15)24-19/h3-12H,1-2H3. The van der Waals surface area contributed by atoms with E-state index in [0.29, 0.717) is 0 Å². The Hall–Kier alpha value is -3.00. The number of pyridine rings is 2. The molecule has 0 saturated heterocycles. The Morgan fingerprint density at radius 1 is 0.667 bits per heavy atom. The second-order valence-corrected chi connectivity index (χ2v) is 6.56. The lowest BCUT2D eigenvalue weighted by Gasteiger charge is -2.09. The maximum Gasteiger partial charge on any atom is 0.0795 e. The van der Waals surface area contributed by atoms with Crippen LogP contribution in [0.1, 0.15) is 11.1 Å². The van der Waals surface area contributed by atoms with Crippen LogP contribution in [0.4, 0.5) is 0 Å². The van der Waals surface area contributed by atoms with E-state index in [0.717, 1.165) is 21.9 Å². The SMILES string of the molecule is Cc1ccc2nc3c(ccc4cnc5ccc(C)cc5c43)cc2c1. The Morgan fingerprint density at radius 3 is 2.29 bits per heavy atom. The summed E-state index contributed by atoms with van der Waals surface area (Å²) in [5, 5.41) is 5.88. The van der Waals surface area contributed by atoms with Gasteiger partial charge in [0, 0.05) is 33.1 Å². The molecule has 2 heterocycles. The van der Waals surface area contributed by atoms with Crippen molar-refractivity contribution in [1.82, 2.24) is 9.97 Å². The average molecular weight is 308 g/mol. The lowest BCUT2D eigenvalue weighted by molar-refractivity contribution is 1.42. The zero-order valence-electron chi connectivity index (χ0n) is 13.7. The van der Waals surface area contributed by atoms with Crippen LogP contribution in [0.25, 0.3) is 43.5 Å². The van der Waals surface area contributed by atoms with Gasteiger partial charge in [-0.2, -0.15) is 0 Å². The van der Waals surface area contributed by atoms with Gasteiger partial charge >= 0.3 is 0 Å². The van der Waals surface area contributed by atoms with Gasteiger partial charge in [-0.15, -0.1) is 0 Å². The highest BCUT2D eigenvalue weighted by atomic mass is 14.7. The van der Waals surface area contributed by atoms with Crippen molar-refractivity contribution in [3.05, 3.63) is 71.9 Å². The first-order valence-corrected chi connectivity index (χ1v) is 8.18. The van der Waals surface area contributed by atoms with Crippen molar-refractivity contribution in [3.8, 4) is 0 Å². The zero-order valence-corrected chi connectivity index (χ0v) is 13.7. The van der Waals surface area contributed by atoms with Crippen LogP contribution in [0.15, 0.2) is 60.8 Å². The van der Waals surface area contributed by atoms with Gasteiger partial charge in [0.1, 0.15) is 0 Å². The smallest absolute Gasteiger partial charge is 0.0795 e. The molecule has 0 atom stereocenters. The number of aryl methyl sites for hydroxylation is 2. The third kappa shape index (κ3) is 1.89. The molecular weight excluding hydrogens is 292 g/mol. The average Bonchev–Trinajstić information content (AvgIpc) is 2.59. The molecule has 0 aliphatic rings. The summed E-state index contributed by atoms with van der Waals surface area (Å²) in [6.07, 6.45) is 1.95. The lowest BCUT2D eigenvalue weighted by atomic mass is 10.0. The number of benzene rings is 3. The van der Waals surface area contributed by atoms with Gasteiger partial charge < -0.3 is 0 Å². The van der Waals surface area contributed by atoms with Crippen molar-refractivity contribution < 1.29 is 0 Å². The van der Waals surface area contributed by atoms with E-state index in [9.17, 15) is 0 Å². The van der Waals surface area contributed by atoms with Gasteiger partial charge in [0.05, 0.1) is 16.6 Å². The molecular formula is C22H16N2. The molecule has 0 bridgehead atoms. The molecule has 0 radical (unpaired) electrons. The van der Waals surface area contributed by atoms with Crippen LogP contribution in [0.3, 0.4) is 0 Å². The predicted octanol–water partition coefficient (Wildman–Crippen LogP) is 5.71. The quantitative estimate of drug-likeness (QED) is 0.270. The maximum absolute atomic E-state index is 5.00. The molecule has 0 aliphatic heterocycles. The fourth-order valence-corrected chi connectivity index (χ4v) is 3.53. The first-order valence-electron chi connectivity index (χ1n) is 8.18. The first kappa shape index (κ1) is 13.4. The van der Waals surface area contributed by atoms with Crippen LogP contribution in [-0.2, 0) is 0 Å². The number of hydrogen-bond acceptors (Lipinski definition) is 2. The van der Waals surface area contributed by atoms with Gasteiger partial charge in [0.15, 0.2) is 0 Å². The van der Waals surface area contributed by atoms with Crippen LogP contribution in [-0.4, -0.2) is 9.97 Å². The topological polar surface area (TPSA) is 25.8 Å². The highest BCUT2D eigenvalue weighted by Crippen LogP contribution is 2.32. The van der Waals surface area contributed by atoms with Gasteiger partial charge in [-0.3, -0.25) is 4.98 Å². The van der Waals surface area contributed by atoms with Crippen molar-refractivity contribution in [1.29, 1.82) is 0 Å². The van der Waals surface area contributed by atoms with Gasteiger partial charge in [-0.25, -0.2) is 4.98 Å². The van der Waals surface area contributed by atoms with Crippen LogP contribution >= 0.6 is 0 Å². The van der Waals surface area contributed by atoms with E-state index in [2.05, 4.69) is 73.4 Å². The van der Waals surface area contributed by atoms with Gasteiger partial charge in [-0.05, 0) is 44.2 Å². The maximum atomic E-state index is 5.00. The molecule has 2 nitrogen and oxygen atoms in total. The Balaban J connectivity index is 2.04. The van der Waals surface area contributed by atoms with Crippen molar-refractivity contribution in [2.75, 3.05) is 0 Å².